The maximum Gasteiger partial charge on any atom is 0.240 e. The molecular formula is C13H15N3O2S. The summed E-state index contributed by atoms with van der Waals surface area (Å²) in [6.45, 7) is 2.16. The predicted octanol–water partition coefficient (Wildman–Crippen LogP) is 1.16. The molecule has 1 fully saturated rings. The van der Waals surface area contributed by atoms with E-state index in [2.05, 4.69) is 10.3 Å². The summed E-state index contributed by atoms with van der Waals surface area (Å²) in [5, 5.41) is 12.4. The molecule has 2 N–H and O–H groups in total. The van der Waals surface area contributed by atoms with Gasteiger partial charge in [0.25, 0.3) is 0 Å². The van der Waals surface area contributed by atoms with Crippen LogP contribution in [0.1, 0.15) is 0 Å². The molecule has 1 aliphatic rings. The highest BCUT2D eigenvalue weighted by atomic mass is 32.1. The van der Waals surface area contributed by atoms with E-state index in [1.54, 1.807) is 0 Å². The number of para-hydroxylation sites is 1. The molecule has 3 rings (SSSR count). The highest BCUT2D eigenvalue weighted by Gasteiger charge is 2.27. The second-order valence-electron chi connectivity index (χ2n) is 4.78. The van der Waals surface area contributed by atoms with E-state index < -0.39 is 0 Å². The van der Waals surface area contributed by atoms with Crippen LogP contribution in [0.5, 0.6) is 0 Å². The number of thiazole rings is 1. The smallest absolute Gasteiger partial charge is 0.240 e. The van der Waals surface area contributed by atoms with Gasteiger partial charge in [0.2, 0.25) is 5.91 Å². The van der Waals surface area contributed by atoms with E-state index in [1.165, 1.54) is 11.3 Å². The quantitative estimate of drug-likeness (QED) is 0.880. The molecule has 2 aromatic rings. The summed E-state index contributed by atoms with van der Waals surface area (Å²) in [6.07, 6.45) is 0. The van der Waals surface area contributed by atoms with E-state index in [4.69, 9.17) is 5.11 Å². The van der Waals surface area contributed by atoms with Crippen molar-refractivity contribution >= 4 is 32.6 Å². The molecule has 5 nitrogen and oxygen atoms in total. The lowest BCUT2D eigenvalue weighted by Gasteiger charge is -2.37. The average molecular weight is 277 g/mol. The first-order chi connectivity index (χ1) is 9.24. The van der Waals surface area contributed by atoms with Crippen LogP contribution in [0, 0.1) is 5.92 Å². The van der Waals surface area contributed by atoms with Gasteiger partial charge in [-0.15, -0.1) is 0 Å². The van der Waals surface area contributed by atoms with Crippen LogP contribution in [0.15, 0.2) is 24.3 Å². The molecule has 6 heteroatoms. The van der Waals surface area contributed by atoms with Gasteiger partial charge in [-0.25, -0.2) is 4.98 Å². The number of likely N-dealkylation sites (tertiary alicyclic amines) is 1. The highest BCUT2D eigenvalue weighted by molar-refractivity contribution is 7.22. The van der Waals surface area contributed by atoms with Gasteiger partial charge in [-0.3, -0.25) is 9.69 Å². The first-order valence-corrected chi connectivity index (χ1v) is 7.05. The number of nitrogens with zero attached hydrogens (tertiary/aromatic N) is 2. The van der Waals surface area contributed by atoms with Crippen LogP contribution < -0.4 is 5.32 Å². The van der Waals surface area contributed by atoms with Gasteiger partial charge in [-0.05, 0) is 12.1 Å². The van der Waals surface area contributed by atoms with E-state index in [0.29, 0.717) is 17.6 Å². The Morgan fingerprint density at radius 3 is 3.00 bits per heavy atom. The van der Waals surface area contributed by atoms with Crippen LogP contribution in [-0.4, -0.2) is 47.1 Å². The number of carbonyl (C=O) groups excluding carboxylic acids is 1. The largest absolute Gasteiger partial charge is 0.396 e. The zero-order valence-electron chi connectivity index (χ0n) is 10.4. The van der Waals surface area contributed by atoms with E-state index in [-0.39, 0.29) is 12.5 Å². The third kappa shape index (κ3) is 2.75. The third-order valence-electron chi connectivity index (χ3n) is 3.20. The summed E-state index contributed by atoms with van der Waals surface area (Å²) in [6, 6.07) is 7.82. The fourth-order valence-corrected chi connectivity index (χ4v) is 3.09. The van der Waals surface area contributed by atoms with Gasteiger partial charge < -0.3 is 10.4 Å². The molecule has 0 radical (unpaired) electrons. The number of amides is 1. The minimum absolute atomic E-state index is 0.0459. The second-order valence-corrected chi connectivity index (χ2v) is 5.81. The van der Waals surface area contributed by atoms with Crippen molar-refractivity contribution in [2.75, 3.05) is 31.6 Å². The number of carbonyl (C=O) groups is 1. The van der Waals surface area contributed by atoms with E-state index in [1.807, 2.05) is 29.2 Å². The minimum atomic E-state index is -0.0459. The predicted molar refractivity (Wildman–Crippen MR) is 75.3 cm³/mol. The number of benzene rings is 1. The Morgan fingerprint density at radius 1 is 1.47 bits per heavy atom. The van der Waals surface area contributed by atoms with E-state index >= 15 is 0 Å². The summed E-state index contributed by atoms with van der Waals surface area (Å²) in [5.74, 6) is 0.283. The molecule has 1 amide bonds. The molecule has 0 saturated carbocycles. The van der Waals surface area contributed by atoms with Crippen LogP contribution in [0.4, 0.5) is 5.13 Å². The molecule has 1 aromatic heterocycles. The molecule has 0 spiro atoms. The molecule has 0 unspecified atom stereocenters. The molecular weight excluding hydrogens is 262 g/mol. The van der Waals surface area contributed by atoms with E-state index in [9.17, 15) is 4.79 Å². The Bertz CT molecular complexity index is 559. The number of hydrogen-bond donors (Lipinski definition) is 2. The van der Waals surface area contributed by atoms with Gasteiger partial charge in [0.1, 0.15) is 0 Å². The molecule has 1 aliphatic heterocycles. The molecule has 100 valence electrons. The topological polar surface area (TPSA) is 65.5 Å². The Kier molecular flexibility index (Phi) is 3.46. The molecule has 0 aliphatic carbocycles. The first-order valence-electron chi connectivity index (χ1n) is 6.23. The number of hydrogen-bond acceptors (Lipinski definition) is 5. The minimum Gasteiger partial charge on any atom is -0.396 e. The van der Waals surface area contributed by atoms with Crippen molar-refractivity contribution in [1.82, 2.24) is 9.88 Å². The second kappa shape index (κ2) is 5.24. The summed E-state index contributed by atoms with van der Waals surface area (Å²) >= 11 is 1.48. The van der Waals surface area contributed by atoms with Crippen LogP contribution in [0.25, 0.3) is 10.2 Å². The maximum atomic E-state index is 11.8. The zero-order valence-corrected chi connectivity index (χ0v) is 11.2. The molecule has 19 heavy (non-hydrogen) atoms. The van der Waals surface area contributed by atoms with Crippen LogP contribution in [0.2, 0.25) is 0 Å². The lowest BCUT2D eigenvalue weighted by molar-refractivity contribution is -0.119. The molecule has 1 aromatic carbocycles. The van der Waals surface area contributed by atoms with Gasteiger partial charge in [0.05, 0.1) is 16.8 Å². The Hall–Kier alpha value is -1.50. The van der Waals surface area contributed by atoms with Crippen LogP contribution >= 0.6 is 11.3 Å². The van der Waals surface area contributed by atoms with Gasteiger partial charge in [-0.1, -0.05) is 23.5 Å². The summed E-state index contributed by atoms with van der Waals surface area (Å²) in [4.78, 5) is 18.2. The van der Waals surface area contributed by atoms with E-state index in [0.717, 1.165) is 23.3 Å². The van der Waals surface area contributed by atoms with Gasteiger partial charge in [0, 0.05) is 25.6 Å². The number of aliphatic hydroxyl groups is 1. The zero-order chi connectivity index (χ0) is 13.2. The molecule has 0 bridgehead atoms. The van der Waals surface area contributed by atoms with Crippen molar-refractivity contribution in [2.45, 2.75) is 0 Å². The Balaban J connectivity index is 1.57. The average Bonchev–Trinajstić information content (AvgIpc) is 2.75. The number of rotatable bonds is 4. The van der Waals surface area contributed by atoms with Crippen molar-refractivity contribution in [3.05, 3.63) is 24.3 Å². The van der Waals surface area contributed by atoms with Crippen molar-refractivity contribution in [1.29, 1.82) is 0 Å². The number of aliphatic hydroxyl groups excluding tert-OH is 1. The fraction of sp³-hybridized carbons (Fsp3) is 0.385. The highest BCUT2D eigenvalue weighted by Crippen LogP contribution is 2.25. The summed E-state index contributed by atoms with van der Waals surface area (Å²) in [5.41, 5.74) is 0.909. The maximum absolute atomic E-state index is 11.8. The lowest BCUT2D eigenvalue weighted by atomic mass is 10.0. The van der Waals surface area contributed by atoms with Crippen LogP contribution in [0.3, 0.4) is 0 Å². The number of aromatic nitrogens is 1. The summed E-state index contributed by atoms with van der Waals surface area (Å²) in [7, 11) is 0. The normalized spacial score (nSPS) is 16.5. The number of fused-ring (bicyclic) bond motifs is 1. The third-order valence-corrected chi connectivity index (χ3v) is 4.15. The first kappa shape index (κ1) is 12.5. The van der Waals surface area contributed by atoms with Crippen molar-refractivity contribution in [3.8, 4) is 0 Å². The van der Waals surface area contributed by atoms with Crippen molar-refractivity contribution < 1.29 is 9.90 Å². The van der Waals surface area contributed by atoms with Gasteiger partial charge in [-0.2, -0.15) is 0 Å². The van der Waals surface area contributed by atoms with Crippen molar-refractivity contribution in [3.63, 3.8) is 0 Å². The fourth-order valence-electron chi connectivity index (χ4n) is 2.21. The van der Waals surface area contributed by atoms with Gasteiger partial charge in [0.15, 0.2) is 5.13 Å². The SMILES string of the molecule is O=C(CN1CC(CO)C1)Nc1nc2ccccc2s1. The summed E-state index contributed by atoms with van der Waals surface area (Å²) < 4.78 is 1.07. The van der Waals surface area contributed by atoms with Crippen molar-refractivity contribution in [2.24, 2.45) is 5.92 Å². The molecule has 0 atom stereocenters. The van der Waals surface area contributed by atoms with Crippen LogP contribution in [-0.2, 0) is 4.79 Å². The molecule has 2 heterocycles. The standard InChI is InChI=1S/C13H15N3O2S/c17-8-9-5-16(6-9)7-12(18)15-13-14-10-3-1-2-4-11(10)19-13/h1-4,9,17H,5-8H2,(H,14,15,18). The lowest BCUT2D eigenvalue weighted by Crippen LogP contribution is -2.51. The number of anilines is 1. The molecule has 1 saturated heterocycles. The number of nitrogens with one attached hydrogen (secondary N) is 1. The monoisotopic (exact) mass is 277 g/mol. The Labute approximate surface area is 114 Å². The Morgan fingerprint density at radius 2 is 2.26 bits per heavy atom. The van der Waals surface area contributed by atoms with Gasteiger partial charge >= 0.3 is 0 Å².